The normalized spacial score (nSPS) is 15.7. The fourth-order valence-electron chi connectivity index (χ4n) is 3.59. The van der Waals surface area contributed by atoms with Crippen LogP contribution in [0.1, 0.15) is 37.8 Å². The van der Waals surface area contributed by atoms with Gasteiger partial charge in [0.15, 0.2) is 9.84 Å². The number of anilines is 2. The van der Waals surface area contributed by atoms with Crippen molar-refractivity contribution >= 4 is 44.6 Å². The topological polar surface area (TPSA) is 83.6 Å². The molecule has 0 fully saturated rings. The van der Waals surface area contributed by atoms with E-state index in [1.54, 1.807) is 35.2 Å². The van der Waals surface area contributed by atoms with Gasteiger partial charge in [0, 0.05) is 35.3 Å². The number of carbonyl (C=O) groups is 2. The Morgan fingerprint density at radius 2 is 1.93 bits per heavy atom. The van der Waals surface area contributed by atoms with Crippen LogP contribution in [0, 0.1) is 6.92 Å². The average Bonchev–Trinajstić information content (AvgIpc) is 3.03. The van der Waals surface area contributed by atoms with Crippen molar-refractivity contribution in [3.63, 3.8) is 0 Å². The lowest BCUT2D eigenvalue weighted by atomic mass is 10.1. The van der Waals surface area contributed by atoms with Gasteiger partial charge in [0.25, 0.3) is 0 Å². The first-order chi connectivity index (χ1) is 14.1. The lowest BCUT2D eigenvalue weighted by Gasteiger charge is -2.22. The molecular formula is C22H25ClN2O4S. The van der Waals surface area contributed by atoms with Gasteiger partial charge in [0.1, 0.15) is 0 Å². The van der Waals surface area contributed by atoms with Crippen LogP contribution < -0.4 is 10.2 Å². The van der Waals surface area contributed by atoms with Gasteiger partial charge in [-0.05, 0) is 61.7 Å². The number of sulfone groups is 1. The highest BCUT2D eigenvalue weighted by atomic mass is 35.5. The number of aryl methyl sites for hydroxylation is 1. The molecule has 6 nitrogen and oxygen atoms in total. The Labute approximate surface area is 182 Å². The average molecular weight is 449 g/mol. The molecule has 1 aliphatic heterocycles. The number of fused-ring (bicyclic) bond motifs is 1. The molecule has 160 valence electrons. The number of hydrogen-bond acceptors (Lipinski definition) is 4. The van der Waals surface area contributed by atoms with Gasteiger partial charge in [-0.1, -0.05) is 24.6 Å². The van der Waals surface area contributed by atoms with E-state index in [2.05, 4.69) is 5.32 Å². The van der Waals surface area contributed by atoms with Gasteiger partial charge in [0.2, 0.25) is 11.8 Å². The van der Waals surface area contributed by atoms with Gasteiger partial charge < -0.3 is 10.2 Å². The quantitative estimate of drug-likeness (QED) is 0.719. The molecular weight excluding hydrogens is 424 g/mol. The molecule has 0 aliphatic carbocycles. The van der Waals surface area contributed by atoms with Crippen LogP contribution in [0.5, 0.6) is 0 Å². The molecule has 3 rings (SSSR count). The van der Waals surface area contributed by atoms with E-state index < -0.39 is 15.7 Å². The zero-order valence-electron chi connectivity index (χ0n) is 17.2. The second kappa shape index (κ2) is 8.78. The van der Waals surface area contributed by atoms with Gasteiger partial charge in [-0.2, -0.15) is 0 Å². The van der Waals surface area contributed by atoms with Crippen molar-refractivity contribution in [2.45, 2.75) is 51.0 Å². The van der Waals surface area contributed by atoms with Gasteiger partial charge in [-0.3, -0.25) is 9.59 Å². The van der Waals surface area contributed by atoms with Crippen molar-refractivity contribution < 1.29 is 18.0 Å². The Morgan fingerprint density at radius 1 is 1.20 bits per heavy atom. The van der Waals surface area contributed by atoms with E-state index >= 15 is 0 Å². The van der Waals surface area contributed by atoms with Gasteiger partial charge in [-0.15, -0.1) is 0 Å². The van der Waals surface area contributed by atoms with E-state index in [0.29, 0.717) is 23.6 Å². The van der Waals surface area contributed by atoms with E-state index in [9.17, 15) is 18.0 Å². The standard InChI is InChI=1S/C22H25ClN2O4S/c1-4-22(27)25-15(3)11-16-12-18(7-8-20(16)25)30(28,29)10-9-21(26)24-17-6-5-14(2)19(23)13-17/h5-8,12-13,15H,4,9-11H2,1-3H3,(H,24,26). The number of hydrogen-bond donors (Lipinski definition) is 1. The van der Waals surface area contributed by atoms with Crippen molar-refractivity contribution in [3.8, 4) is 0 Å². The van der Waals surface area contributed by atoms with Gasteiger partial charge >= 0.3 is 0 Å². The SMILES string of the molecule is CCC(=O)N1c2ccc(S(=O)(=O)CCC(=O)Nc3ccc(C)c(Cl)c3)cc2CC1C. The van der Waals surface area contributed by atoms with Crippen LogP contribution in [-0.4, -0.2) is 32.0 Å². The summed E-state index contributed by atoms with van der Waals surface area (Å²) >= 11 is 6.05. The highest BCUT2D eigenvalue weighted by Gasteiger charge is 2.31. The molecule has 0 spiro atoms. The minimum Gasteiger partial charge on any atom is -0.326 e. The molecule has 30 heavy (non-hydrogen) atoms. The predicted octanol–water partition coefficient (Wildman–Crippen LogP) is 4.14. The zero-order chi connectivity index (χ0) is 22.1. The van der Waals surface area contributed by atoms with Gasteiger partial charge in [0.05, 0.1) is 10.6 Å². The number of halogens is 1. The molecule has 2 aromatic rings. The maximum Gasteiger partial charge on any atom is 0.226 e. The fourth-order valence-corrected chi connectivity index (χ4v) is 5.06. The lowest BCUT2D eigenvalue weighted by Crippen LogP contribution is -2.35. The van der Waals surface area contributed by atoms with E-state index in [4.69, 9.17) is 11.6 Å². The smallest absolute Gasteiger partial charge is 0.226 e. The Morgan fingerprint density at radius 3 is 2.60 bits per heavy atom. The predicted molar refractivity (Wildman–Crippen MR) is 119 cm³/mol. The van der Waals surface area contributed by atoms with Crippen molar-refractivity contribution in [2.75, 3.05) is 16.0 Å². The summed E-state index contributed by atoms with van der Waals surface area (Å²) in [4.78, 5) is 26.3. The zero-order valence-corrected chi connectivity index (χ0v) is 18.8. The molecule has 0 bridgehead atoms. The Kier molecular flexibility index (Phi) is 6.53. The van der Waals surface area contributed by atoms with Crippen LogP contribution in [0.25, 0.3) is 0 Å². The highest BCUT2D eigenvalue weighted by Crippen LogP contribution is 2.34. The summed E-state index contributed by atoms with van der Waals surface area (Å²) in [5, 5.41) is 3.21. The summed E-state index contributed by atoms with van der Waals surface area (Å²) in [6, 6.07) is 9.96. The molecule has 2 amide bonds. The van der Waals surface area contributed by atoms with E-state index in [1.807, 2.05) is 20.8 Å². The minimum absolute atomic E-state index is 0.00230. The first-order valence-electron chi connectivity index (χ1n) is 9.86. The number of benzene rings is 2. The lowest BCUT2D eigenvalue weighted by molar-refractivity contribution is -0.118. The summed E-state index contributed by atoms with van der Waals surface area (Å²) < 4.78 is 25.5. The third-order valence-electron chi connectivity index (χ3n) is 5.25. The third-order valence-corrected chi connectivity index (χ3v) is 7.37. The second-order valence-electron chi connectivity index (χ2n) is 7.54. The van der Waals surface area contributed by atoms with Crippen molar-refractivity contribution in [3.05, 3.63) is 52.5 Å². The first-order valence-corrected chi connectivity index (χ1v) is 11.9. The van der Waals surface area contributed by atoms with Gasteiger partial charge in [-0.25, -0.2) is 8.42 Å². The van der Waals surface area contributed by atoms with Crippen LogP contribution >= 0.6 is 11.6 Å². The number of amides is 2. The molecule has 1 heterocycles. The molecule has 0 saturated heterocycles. The van der Waals surface area contributed by atoms with Crippen LogP contribution in [0.2, 0.25) is 5.02 Å². The van der Waals surface area contributed by atoms with E-state index in [-0.39, 0.29) is 29.0 Å². The number of carbonyl (C=O) groups excluding carboxylic acids is 2. The summed E-state index contributed by atoms with van der Waals surface area (Å²) in [7, 11) is -3.64. The first kappa shape index (κ1) is 22.3. The van der Waals surface area contributed by atoms with Crippen LogP contribution in [0.3, 0.4) is 0 Å². The molecule has 1 atom stereocenters. The van der Waals surface area contributed by atoms with Crippen LogP contribution in [-0.2, 0) is 25.8 Å². The van der Waals surface area contributed by atoms with E-state index in [0.717, 1.165) is 16.8 Å². The summed E-state index contributed by atoms with van der Waals surface area (Å²) in [6.07, 6.45) is 0.839. The number of rotatable bonds is 6. The number of nitrogens with one attached hydrogen (secondary N) is 1. The highest BCUT2D eigenvalue weighted by molar-refractivity contribution is 7.91. The monoisotopic (exact) mass is 448 g/mol. The minimum atomic E-state index is -3.64. The molecule has 1 unspecified atom stereocenters. The molecule has 1 N–H and O–H groups in total. The summed E-state index contributed by atoms with van der Waals surface area (Å²) in [5.41, 5.74) is 3.02. The molecule has 8 heteroatoms. The summed E-state index contributed by atoms with van der Waals surface area (Å²) in [6.45, 7) is 5.61. The van der Waals surface area contributed by atoms with E-state index in [1.165, 1.54) is 6.07 Å². The Hall–Kier alpha value is -2.38. The van der Waals surface area contributed by atoms with Crippen molar-refractivity contribution in [1.29, 1.82) is 0 Å². The fraction of sp³-hybridized carbons (Fsp3) is 0.364. The molecule has 1 aliphatic rings. The largest absolute Gasteiger partial charge is 0.326 e. The maximum atomic E-state index is 12.8. The molecule has 0 saturated carbocycles. The number of nitrogens with zero attached hydrogens (tertiary/aromatic N) is 1. The Balaban J connectivity index is 1.69. The third kappa shape index (κ3) is 4.68. The Bertz CT molecular complexity index is 1100. The van der Waals surface area contributed by atoms with Crippen molar-refractivity contribution in [1.82, 2.24) is 0 Å². The molecule has 0 aromatic heterocycles. The van der Waals surface area contributed by atoms with Crippen LogP contribution in [0.15, 0.2) is 41.3 Å². The van der Waals surface area contributed by atoms with Crippen molar-refractivity contribution in [2.24, 2.45) is 0 Å². The second-order valence-corrected chi connectivity index (χ2v) is 10.1. The van der Waals surface area contributed by atoms with Crippen LogP contribution in [0.4, 0.5) is 11.4 Å². The molecule has 2 aromatic carbocycles. The molecule has 0 radical (unpaired) electrons. The summed E-state index contributed by atoms with van der Waals surface area (Å²) in [5.74, 6) is -0.678. The maximum absolute atomic E-state index is 12.8.